The molecule has 0 atom stereocenters. The van der Waals surface area contributed by atoms with Gasteiger partial charge in [0.05, 0.1) is 10.7 Å². The maximum atomic E-state index is 11.1. The Labute approximate surface area is 181 Å². The summed E-state index contributed by atoms with van der Waals surface area (Å²) in [7, 11) is 0. The van der Waals surface area contributed by atoms with Gasteiger partial charge in [-0.3, -0.25) is 0 Å². The molecule has 30 heavy (non-hydrogen) atoms. The minimum absolute atomic E-state index is 0.000818. The van der Waals surface area contributed by atoms with E-state index in [1.807, 2.05) is 30.3 Å². The maximum Gasteiger partial charge on any atom is 0.354 e. The van der Waals surface area contributed by atoms with Crippen molar-refractivity contribution in [2.24, 2.45) is 0 Å². The molecule has 1 aromatic heterocycles. The first-order chi connectivity index (χ1) is 14.6. The average Bonchev–Trinajstić information content (AvgIpc) is 2.76. The Morgan fingerprint density at radius 3 is 2.40 bits per heavy atom. The van der Waals surface area contributed by atoms with Crippen LogP contribution in [0.2, 0.25) is 5.02 Å². The highest BCUT2D eigenvalue weighted by Gasteiger charge is 2.16. The van der Waals surface area contributed by atoms with Crippen LogP contribution in [0.15, 0.2) is 60.7 Å². The second-order valence-corrected chi connectivity index (χ2v) is 8.03. The van der Waals surface area contributed by atoms with Crippen LogP contribution in [-0.4, -0.2) is 16.1 Å². The van der Waals surface area contributed by atoms with Crippen LogP contribution in [0.4, 0.5) is 22.9 Å². The van der Waals surface area contributed by atoms with E-state index in [9.17, 15) is 4.79 Å². The summed E-state index contributed by atoms with van der Waals surface area (Å²) in [6.07, 6.45) is 6.42. The minimum atomic E-state index is -1.06. The first-order valence-electron chi connectivity index (χ1n) is 10.2. The number of rotatable bonds is 6. The third-order valence-corrected chi connectivity index (χ3v) is 5.76. The van der Waals surface area contributed by atoms with Gasteiger partial charge >= 0.3 is 5.97 Å². The lowest BCUT2D eigenvalue weighted by Crippen LogP contribution is -2.04. The number of halogens is 1. The zero-order chi connectivity index (χ0) is 20.9. The molecule has 0 unspecified atom stereocenters. The molecule has 1 heterocycles. The Hall–Kier alpha value is -3.05. The van der Waals surface area contributed by atoms with Crippen molar-refractivity contribution in [1.82, 2.24) is 4.98 Å². The normalized spacial score (nSPS) is 14.3. The van der Waals surface area contributed by atoms with Gasteiger partial charge in [0.1, 0.15) is 5.82 Å². The van der Waals surface area contributed by atoms with Crippen molar-refractivity contribution in [2.75, 3.05) is 10.6 Å². The molecule has 0 saturated heterocycles. The van der Waals surface area contributed by atoms with Crippen molar-refractivity contribution in [3.63, 3.8) is 0 Å². The molecule has 1 aliphatic rings. The predicted octanol–water partition coefficient (Wildman–Crippen LogP) is 6.97. The van der Waals surface area contributed by atoms with Crippen molar-refractivity contribution < 1.29 is 9.90 Å². The predicted molar refractivity (Wildman–Crippen MR) is 121 cm³/mol. The Morgan fingerprint density at radius 2 is 1.67 bits per heavy atom. The van der Waals surface area contributed by atoms with Gasteiger partial charge in [0.25, 0.3) is 0 Å². The van der Waals surface area contributed by atoms with Crippen molar-refractivity contribution in [2.45, 2.75) is 38.0 Å². The second kappa shape index (κ2) is 9.18. The molecule has 4 rings (SSSR count). The van der Waals surface area contributed by atoms with Crippen molar-refractivity contribution in [3.8, 4) is 0 Å². The molecule has 0 aliphatic heterocycles. The van der Waals surface area contributed by atoms with Crippen LogP contribution < -0.4 is 10.6 Å². The fraction of sp³-hybridized carbons (Fsp3) is 0.250. The molecular weight excluding hydrogens is 398 g/mol. The Kier molecular flexibility index (Phi) is 6.19. The minimum Gasteiger partial charge on any atom is -0.477 e. The standard InChI is InChI=1S/C24H24ClN3O2/c25-20-14-17(16-6-2-1-3-7-16)12-13-21(20)26-18-8-4-9-19(15-18)27-23-11-5-10-22(28-23)24(29)30/h4-5,8-16,26H,1-3,6-7H2,(H,27,28)(H,29,30). The van der Waals surface area contributed by atoms with Gasteiger partial charge in [-0.25, -0.2) is 9.78 Å². The maximum absolute atomic E-state index is 11.1. The molecule has 1 saturated carbocycles. The van der Waals surface area contributed by atoms with Crippen LogP contribution in [0.3, 0.4) is 0 Å². The van der Waals surface area contributed by atoms with Gasteiger partial charge in [-0.2, -0.15) is 0 Å². The monoisotopic (exact) mass is 421 g/mol. The number of nitrogens with one attached hydrogen (secondary N) is 2. The van der Waals surface area contributed by atoms with Gasteiger partial charge in [0.15, 0.2) is 5.69 Å². The largest absolute Gasteiger partial charge is 0.477 e. The van der Waals surface area contributed by atoms with E-state index in [2.05, 4.69) is 27.8 Å². The van der Waals surface area contributed by atoms with E-state index in [1.54, 1.807) is 12.1 Å². The summed E-state index contributed by atoms with van der Waals surface area (Å²) < 4.78 is 0. The van der Waals surface area contributed by atoms with Gasteiger partial charge in [-0.05, 0) is 66.8 Å². The van der Waals surface area contributed by atoms with E-state index in [4.69, 9.17) is 16.7 Å². The van der Waals surface area contributed by atoms with Gasteiger partial charge in [0, 0.05) is 11.4 Å². The number of nitrogens with zero attached hydrogens (tertiary/aromatic N) is 1. The van der Waals surface area contributed by atoms with E-state index in [0.29, 0.717) is 16.8 Å². The Morgan fingerprint density at radius 1 is 0.933 bits per heavy atom. The second-order valence-electron chi connectivity index (χ2n) is 7.62. The molecule has 1 fully saturated rings. The summed E-state index contributed by atoms with van der Waals surface area (Å²) in [5.74, 6) is 0.0363. The third kappa shape index (κ3) is 4.92. The molecule has 5 nitrogen and oxygen atoms in total. The topological polar surface area (TPSA) is 74.2 Å². The zero-order valence-corrected chi connectivity index (χ0v) is 17.3. The van der Waals surface area contributed by atoms with Crippen LogP contribution in [0, 0.1) is 0 Å². The van der Waals surface area contributed by atoms with Crippen LogP contribution in [0.1, 0.15) is 54.1 Å². The van der Waals surface area contributed by atoms with Crippen molar-refractivity contribution >= 4 is 40.5 Å². The number of carboxylic acid groups (broad SMARTS) is 1. The Balaban J connectivity index is 1.48. The first-order valence-corrected chi connectivity index (χ1v) is 10.6. The van der Waals surface area contributed by atoms with Gasteiger partial charge < -0.3 is 15.7 Å². The molecular formula is C24H24ClN3O2. The van der Waals surface area contributed by atoms with Crippen LogP contribution in [0.5, 0.6) is 0 Å². The number of carbonyl (C=O) groups is 1. The summed E-state index contributed by atoms with van der Waals surface area (Å²) in [6, 6.07) is 18.9. The van der Waals surface area contributed by atoms with E-state index in [1.165, 1.54) is 43.7 Å². The quantitative estimate of drug-likeness (QED) is 0.400. The summed E-state index contributed by atoms with van der Waals surface area (Å²) in [4.78, 5) is 15.2. The molecule has 2 aromatic carbocycles. The third-order valence-electron chi connectivity index (χ3n) is 5.45. The van der Waals surface area contributed by atoms with Gasteiger partial charge in [0.2, 0.25) is 0 Å². The van der Waals surface area contributed by atoms with E-state index >= 15 is 0 Å². The molecule has 3 aromatic rings. The van der Waals surface area contributed by atoms with E-state index in [-0.39, 0.29) is 5.69 Å². The molecule has 0 radical (unpaired) electrons. The van der Waals surface area contributed by atoms with Crippen molar-refractivity contribution in [3.05, 3.63) is 76.9 Å². The molecule has 0 amide bonds. The summed E-state index contributed by atoms with van der Waals surface area (Å²) in [5.41, 5.74) is 3.86. The number of benzene rings is 2. The molecule has 1 aliphatic carbocycles. The molecule has 3 N–H and O–H groups in total. The average molecular weight is 422 g/mol. The lowest BCUT2D eigenvalue weighted by molar-refractivity contribution is 0.0690. The highest BCUT2D eigenvalue weighted by molar-refractivity contribution is 6.33. The van der Waals surface area contributed by atoms with Crippen LogP contribution in [0.25, 0.3) is 0 Å². The first kappa shape index (κ1) is 20.2. The highest BCUT2D eigenvalue weighted by atomic mass is 35.5. The number of pyridine rings is 1. The lowest BCUT2D eigenvalue weighted by atomic mass is 9.84. The van der Waals surface area contributed by atoms with Crippen LogP contribution in [-0.2, 0) is 0 Å². The zero-order valence-electron chi connectivity index (χ0n) is 16.6. The summed E-state index contributed by atoms with van der Waals surface area (Å²) >= 11 is 6.57. The lowest BCUT2D eigenvalue weighted by Gasteiger charge is -2.22. The fourth-order valence-corrected chi connectivity index (χ4v) is 4.16. The van der Waals surface area contributed by atoms with Crippen molar-refractivity contribution in [1.29, 1.82) is 0 Å². The van der Waals surface area contributed by atoms with Gasteiger partial charge in [-0.1, -0.05) is 49.1 Å². The number of hydrogen-bond acceptors (Lipinski definition) is 4. The molecule has 154 valence electrons. The van der Waals surface area contributed by atoms with E-state index in [0.717, 1.165) is 17.1 Å². The smallest absolute Gasteiger partial charge is 0.354 e. The van der Waals surface area contributed by atoms with E-state index < -0.39 is 5.97 Å². The van der Waals surface area contributed by atoms with Gasteiger partial charge in [-0.15, -0.1) is 0 Å². The number of carboxylic acids is 1. The summed E-state index contributed by atoms with van der Waals surface area (Å²) in [5, 5.41) is 16.3. The molecule has 6 heteroatoms. The molecule has 0 bridgehead atoms. The fourth-order valence-electron chi connectivity index (χ4n) is 3.92. The highest BCUT2D eigenvalue weighted by Crippen LogP contribution is 2.36. The van der Waals surface area contributed by atoms with Crippen LogP contribution >= 0.6 is 11.6 Å². The summed E-state index contributed by atoms with van der Waals surface area (Å²) in [6.45, 7) is 0. The number of aromatic carboxylic acids is 1. The Bertz CT molecular complexity index is 1050. The number of aromatic nitrogens is 1. The molecule has 0 spiro atoms. The number of hydrogen-bond donors (Lipinski definition) is 3. The SMILES string of the molecule is O=C(O)c1cccc(Nc2cccc(Nc3ccc(C4CCCCC4)cc3Cl)c2)n1. The number of anilines is 4.